The van der Waals surface area contributed by atoms with Crippen LogP contribution in [-0.4, -0.2) is 33.5 Å². The Kier molecular flexibility index (Phi) is 4.18. The van der Waals surface area contributed by atoms with Crippen LogP contribution in [0.3, 0.4) is 0 Å². The zero-order chi connectivity index (χ0) is 16.2. The fraction of sp³-hybridized carbons (Fsp3) is 0.188. The Bertz CT molecular complexity index is 830. The number of fused-ring (bicyclic) bond motifs is 1. The summed E-state index contributed by atoms with van der Waals surface area (Å²) in [6.07, 6.45) is 4.98. The lowest BCUT2D eigenvalue weighted by Gasteiger charge is -2.08. The van der Waals surface area contributed by atoms with Crippen LogP contribution >= 0.6 is 0 Å². The van der Waals surface area contributed by atoms with E-state index in [0.717, 1.165) is 5.56 Å². The molecule has 2 aromatic heterocycles. The summed E-state index contributed by atoms with van der Waals surface area (Å²) >= 11 is 0. The van der Waals surface area contributed by atoms with E-state index in [1.807, 2.05) is 0 Å². The summed E-state index contributed by atoms with van der Waals surface area (Å²) in [6, 6.07) is 6.01. The van der Waals surface area contributed by atoms with Crippen molar-refractivity contribution in [3.8, 4) is 11.3 Å². The molecule has 0 amide bonds. The largest absolute Gasteiger partial charge is 0.465 e. The molecule has 3 aromatic rings. The molecule has 2 heterocycles. The molecule has 3 rings (SSSR count). The highest BCUT2D eigenvalue weighted by Crippen LogP contribution is 2.28. The van der Waals surface area contributed by atoms with Gasteiger partial charge in [-0.05, 0) is 31.2 Å². The second kappa shape index (κ2) is 6.43. The maximum atomic E-state index is 13.1. The number of esters is 1. The first kappa shape index (κ1) is 15.0. The van der Waals surface area contributed by atoms with Gasteiger partial charge in [0.2, 0.25) is 0 Å². The van der Waals surface area contributed by atoms with Crippen LogP contribution in [0.2, 0.25) is 0 Å². The van der Waals surface area contributed by atoms with Crippen LogP contribution in [-0.2, 0) is 9.53 Å². The minimum absolute atomic E-state index is 0.0121. The number of ether oxygens (including phenoxy) is 1. The molecule has 118 valence electrons. The summed E-state index contributed by atoms with van der Waals surface area (Å²) in [6.45, 7) is 2.09. The first-order valence-electron chi connectivity index (χ1n) is 7.16. The SMILES string of the molecule is CCOC(=O)CNc1c(-c2ccc(F)cc2)nc2cnccn12. The number of carbonyl (C=O) groups is 1. The first-order chi connectivity index (χ1) is 11.2. The van der Waals surface area contributed by atoms with Crippen molar-refractivity contribution in [1.29, 1.82) is 0 Å². The fourth-order valence-corrected chi connectivity index (χ4v) is 2.25. The molecule has 0 saturated heterocycles. The smallest absolute Gasteiger partial charge is 0.325 e. The standard InChI is InChI=1S/C16H15FN4O2/c1-2-23-14(22)10-19-16-15(11-3-5-12(17)6-4-11)20-13-9-18-7-8-21(13)16/h3-9,19H,2,10H2,1H3. The molecule has 1 N–H and O–H groups in total. The van der Waals surface area contributed by atoms with Crippen LogP contribution in [0.1, 0.15) is 6.92 Å². The van der Waals surface area contributed by atoms with Gasteiger partial charge in [-0.2, -0.15) is 0 Å². The van der Waals surface area contributed by atoms with E-state index in [9.17, 15) is 9.18 Å². The predicted octanol–water partition coefficient (Wildman–Crippen LogP) is 2.51. The molecule has 0 aliphatic heterocycles. The van der Waals surface area contributed by atoms with Gasteiger partial charge in [0.05, 0.1) is 12.8 Å². The number of carbonyl (C=O) groups excluding carboxylic acids is 1. The van der Waals surface area contributed by atoms with E-state index >= 15 is 0 Å². The van der Waals surface area contributed by atoms with E-state index < -0.39 is 0 Å². The van der Waals surface area contributed by atoms with Crippen molar-refractivity contribution in [3.05, 3.63) is 48.7 Å². The minimum Gasteiger partial charge on any atom is -0.465 e. The van der Waals surface area contributed by atoms with Gasteiger partial charge < -0.3 is 10.1 Å². The molecular weight excluding hydrogens is 299 g/mol. The molecular formula is C16H15FN4O2. The molecule has 0 saturated carbocycles. The third-order valence-electron chi connectivity index (χ3n) is 3.25. The van der Waals surface area contributed by atoms with Crippen LogP contribution in [0.5, 0.6) is 0 Å². The van der Waals surface area contributed by atoms with Gasteiger partial charge in [0.25, 0.3) is 0 Å². The normalized spacial score (nSPS) is 10.7. The van der Waals surface area contributed by atoms with Crippen molar-refractivity contribution in [2.24, 2.45) is 0 Å². The van der Waals surface area contributed by atoms with Gasteiger partial charge in [-0.1, -0.05) is 0 Å². The maximum absolute atomic E-state index is 13.1. The highest BCUT2D eigenvalue weighted by molar-refractivity contribution is 5.80. The van der Waals surface area contributed by atoms with Gasteiger partial charge in [0.15, 0.2) is 5.65 Å². The number of hydrogen-bond acceptors (Lipinski definition) is 5. The van der Waals surface area contributed by atoms with Gasteiger partial charge in [-0.25, -0.2) is 9.37 Å². The minimum atomic E-state index is -0.360. The highest BCUT2D eigenvalue weighted by atomic mass is 19.1. The third-order valence-corrected chi connectivity index (χ3v) is 3.25. The van der Waals surface area contributed by atoms with Gasteiger partial charge in [-0.3, -0.25) is 14.2 Å². The number of halogens is 1. The van der Waals surface area contributed by atoms with E-state index in [2.05, 4.69) is 15.3 Å². The number of rotatable bonds is 5. The monoisotopic (exact) mass is 314 g/mol. The molecule has 0 spiro atoms. The molecule has 0 aliphatic rings. The lowest BCUT2D eigenvalue weighted by atomic mass is 10.1. The molecule has 0 radical (unpaired) electrons. The maximum Gasteiger partial charge on any atom is 0.325 e. The highest BCUT2D eigenvalue weighted by Gasteiger charge is 2.15. The third kappa shape index (κ3) is 3.13. The van der Waals surface area contributed by atoms with Gasteiger partial charge >= 0.3 is 5.97 Å². The molecule has 0 unspecified atom stereocenters. The van der Waals surface area contributed by atoms with Crippen molar-refractivity contribution < 1.29 is 13.9 Å². The second-order valence-corrected chi connectivity index (χ2v) is 4.78. The summed E-state index contributed by atoms with van der Waals surface area (Å²) in [7, 11) is 0. The van der Waals surface area contributed by atoms with Crippen molar-refractivity contribution in [3.63, 3.8) is 0 Å². The molecule has 6 nitrogen and oxygen atoms in total. The number of anilines is 1. The number of nitrogens with one attached hydrogen (secondary N) is 1. The van der Waals surface area contributed by atoms with Crippen LogP contribution in [0.15, 0.2) is 42.9 Å². The van der Waals surface area contributed by atoms with Crippen molar-refractivity contribution >= 4 is 17.4 Å². The average molecular weight is 314 g/mol. The van der Waals surface area contributed by atoms with Crippen molar-refractivity contribution in [2.45, 2.75) is 6.92 Å². The lowest BCUT2D eigenvalue weighted by molar-refractivity contribution is -0.140. The molecule has 23 heavy (non-hydrogen) atoms. The zero-order valence-corrected chi connectivity index (χ0v) is 12.5. The predicted molar refractivity (Wildman–Crippen MR) is 83.5 cm³/mol. The number of imidazole rings is 1. The number of nitrogens with zero attached hydrogens (tertiary/aromatic N) is 3. The molecule has 1 aromatic carbocycles. The Labute approximate surface area is 131 Å². The second-order valence-electron chi connectivity index (χ2n) is 4.78. The van der Waals surface area contributed by atoms with Gasteiger partial charge in [-0.15, -0.1) is 0 Å². The fourth-order valence-electron chi connectivity index (χ4n) is 2.25. The van der Waals surface area contributed by atoms with Crippen molar-refractivity contribution in [2.75, 3.05) is 18.5 Å². The van der Waals surface area contributed by atoms with E-state index in [1.165, 1.54) is 12.1 Å². The summed E-state index contributed by atoms with van der Waals surface area (Å²) in [4.78, 5) is 20.1. The first-order valence-corrected chi connectivity index (χ1v) is 7.16. The Morgan fingerprint density at radius 3 is 2.87 bits per heavy atom. The summed E-state index contributed by atoms with van der Waals surface area (Å²) < 4.78 is 19.8. The molecule has 0 bridgehead atoms. The van der Waals surface area contributed by atoms with Crippen LogP contribution in [0.4, 0.5) is 10.2 Å². The van der Waals surface area contributed by atoms with Crippen LogP contribution in [0.25, 0.3) is 16.9 Å². The average Bonchev–Trinajstić information content (AvgIpc) is 2.92. The molecule has 7 heteroatoms. The van der Waals surface area contributed by atoms with E-state index in [-0.39, 0.29) is 18.3 Å². The molecule has 0 aliphatic carbocycles. The topological polar surface area (TPSA) is 68.5 Å². The van der Waals surface area contributed by atoms with E-state index in [4.69, 9.17) is 4.74 Å². The quantitative estimate of drug-likeness (QED) is 0.733. The van der Waals surface area contributed by atoms with E-state index in [1.54, 1.807) is 42.0 Å². The van der Waals surface area contributed by atoms with Crippen LogP contribution < -0.4 is 5.32 Å². The molecule has 0 atom stereocenters. The Hall–Kier alpha value is -2.96. The summed E-state index contributed by atoms with van der Waals surface area (Å²) in [5, 5.41) is 3.04. The Morgan fingerprint density at radius 2 is 2.13 bits per heavy atom. The number of aromatic nitrogens is 3. The Morgan fingerprint density at radius 1 is 1.35 bits per heavy atom. The van der Waals surface area contributed by atoms with Gasteiger partial charge in [0.1, 0.15) is 23.9 Å². The summed E-state index contributed by atoms with van der Waals surface area (Å²) in [5.41, 5.74) is 1.97. The van der Waals surface area contributed by atoms with Crippen LogP contribution in [0, 0.1) is 5.82 Å². The lowest BCUT2D eigenvalue weighted by Crippen LogP contribution is -2.17. The molecule has 0 fully saturated rings. The van der Waals surface area contributed by atoms with Gasteiger partial charge in [0, 0.05) is 18.0 Å². The Balaban J connectivity index is 2.01. The number of hydrogen-bond donors (Lipinski definition) is 1. The number of benzene rings is 1. The zero-order valence-electron chi connectivity index (χ0n) is 12.5. The van der Waals surface area contributed by atoms with Crippen molar-refractivity contribution in [1.82, 2.24) is 14.4 Å². The summed E-state index contributed by atoms with van der Waals surface area (Å²) in [5.74, 6) is -0.0520. The van der Waals surface area contributed by atoms with E-state index in [0.29, 0.717) is 23.8 Å².